The summed E-state index contributed by atoms with van der Waals surface area (Å²) < 4.78 is 12.0. The average Bonchev–Trinajstić information content (AvgIpc) is 2.76. The average molecular weight is 469 g/mol. The van der Waals surface area contributed by atoms with E-state index in [1.807, 2.05) is 6.92 Å². The first kappa shape index (κ1) is 30.9. The maximum atomic E-state index is 13.3. The predicted molar refractivity (Wildman–Crippen MR) is 138 cm³/mol. The van der Waals surface area contributed by atoms with E-state index in [4.69, 9.17) is 9.16 Å². The topological polar surface area (TPSA) is 52.6 Å². The van der Waals surface area contributed by atoms with Crippen molar-refractivity contribution in [2.24, 2.45) is 0 Å². The number of unbranched alkanes of at least 4 members (excludes halogenated alkanes) is 9. The molecule has 0 aliphatic heterocycles. The van der Waals surface area contributed by atoms with Gasteiger partial charge in [-0.3, -0.25) is 0 Å². The minimum absolute atomic E-state index is 0.311. The standard InChI is InChI=1S/C27H52O4Si/c1-7-11-14-17-21-32(22-18-15-12-8-2,23-19-16-13-9-3)31-27(29)25(20-10-4)30-26(28)24(5)6/h25H,5,7-23H2,1-4,6H3. The Morgan fingerprint density at radius 1 is 0.719 bits per heavy atom. The Balaban J connectivity index is 5.50. The molecule has 188 valence electrons. The van der Waals surface area contributed by atoms with Crippen molar-refractivity contribution in [3.63, 3.8) is 0 Å². The van der Waals surface area contributed by atoms with Crippen molar-refractivity contribution in [3.05, 3.63) is 12.2 Å². The number of carbonyl (C=O) groups is 2. The highest BCUT2D eigenvalue weighted by atomic mass is 28.4. The van der Waals surface area contributed by atoms with Crippen molar-refractivity contribution in [3.8, 4) is 0 Å². The highest BCUT2D eigenvalue weighted by molar-refractivity contribution is 6.75. The zero-order valence-electron chi connectivity index (χ0n) is 21.9. The van der Waals surface area contributed by atoms with Crippen LogP contribution < -0.4 is 0 Å². The fraction of sp³-hybridized carbons (Fsp3) is 0.852. The predicted octanol–water partition coefficient (Wildman–Crippen LogP) is 8.50. The second kappa shape index (κ2) is 19.4. The zero-order chi connectivity index (χ0) is 24.2. The van der Waals surface area contributed by atoms with Crippen LogP contribution in [-0.2, 0) is 18.8 Å². The van der Waals surface area contributed by atoms with E-state index in [1.54, 1.807) is 6.92 Å². The van der Waals surface area contributed by atoms with Crippen molar-refractivity contribution in [1.82, 2.24) is 0 Å². The zero-order valence-corrected chi connectivity index (χ0v) is 22.9. The fourth-order valence-corrected chi connectivity index (χ4v) is 8.44. The van der Waals surface area contributed by atoms with Crippen LogP contribution in [0.5, 0.6) is 0 Å². The van der Waals surface area contributed by atoms with Gasteiger partial charge in [0.1, 0.15) is 0 Å². The molecule has 0 radical (unpaired) electrons. The smallest absolute Gasteiger partial charge is 0.334 e. The quantitative estimate of drug-likeness (QED) is 0.0733. The minimum atomic E-state index is -2.24. The van der Waals surface area contributed by atoms with Crippen LogP contribution in [0.3, 0.4) is 0 Å². The Labute approximate surface area is 200 Å². The summed E-state index contributed by atoms with van der Waals surface area (Å²) in [6.07, 6.45) is 14.8. The molecule has 0 heterocycles. The third-order valence-corrected chi connectivity index (χ3v) is 10.6. The van der Waals surface area contributed by atoms with Crippen molar-refractivity contribution in [2.75, 3.05) is 0 Å². The highest BCUT2D eigenvalue weighted by Gasteiger charge is 2.39. The lowest BCUT2D eigenvalue weighted by Gasteiger charge is -2.33. The lowest BCUT2D eigenvalue weighted by atomic mass is 10.2. The van der Waals surface area contributed by atoms with Crippen LogP contribution in [0.4, 0.5) is 0 Å². The first-order valence-corrected chi connectivity index (χ1v) is 16.0. The minimum Gasteiger partial charge on any atom is -0.516 e. The molecular weight excluding hydrogens is 416 g/mol. The molecule has 0 saturated heterocycles. The van der Waals surface area contributed by atoms with Gasteiger partial charge in [0.05, 0.1) is 0 Å². The molecule has 0 amide bonds. The molecule has 0 spiro atoms. The normalized spacial score (nSPS) is 12.4. The number of carbonyl (C=O) groups excluding carboxylic acids is 2. The molecule has 0 rings (SSSR count). The molecule has 0 N–H and O–H groups in total. The van der Waals surface area contributed by atoms with Crippen molar-refractivity contribution in [1.29, 1.82) is 0 Å². The van der Waals surface area contributed by atoms with E-state index < -0.39 is 20.4 Å². The van der Waals surface area contributed by atoms with Crippen LogP contribution in [0.2, 0.25) is 18.1 Å². The van der Waals surface area contributed by atoms with Crippen LogP contribution >= 0.6 is 0 Å². The van der Waals surface area contributed by atoms with Gasteiger partial charge < -0.3 is 9.16 Å². The highest BCUT2D eigenvalue weighted by Crippen LogP contribution is 2.32. The Hall–Kier alpha value is -1.10. The number of hydrogen-bond acceptors (Lipinski definition) is 4. The fourth-order valence-electron chi connectivity index (χ4n) is 4.15. The molecule has 5 heteroatoms. The van der Waals surface area contributed by atoms with Crippen molar-refractivity contribution in [2.45, 2.75) is 149 Å². The van der Waals surface area contributed by atoms with Crippen LogP contribution in [0.15, 0.2) is 12.2 Å². The van der Waals surface area contributed by atoms with Gasteiger partial charge in [-0.15, -0.1) is 0 Å². The van der Waals surface area contributed by atoms with Crippen LogP contribution in [-0.4, -0.2) is 26.4 Å². The van der Waals surface area contributed by atoms with E-state index in [0.29, 0.717) is 12.0 Å². The molecular formula is C27H52O4Si. The summed E-state index contributed by atoms with van der Waals surface area (Å²) in [5.41, 5.74) is 0.320. The van der Waals surface area contributed by atoms with E-state index in [9.17, 15) is 9.59 Å². The molecule has 1 unspecified atom stereocenters. The third-order valence-electron chi connectivity index (χ3n) is 6.19. The van der Waals surface area contributed by atoms with Gasteiger partial charge in [0, 0.05) is 5.57 Å². The molecule has 0 aliphatic carbocycles. The van der Waals surface area contributed by atoms with E-state index in [-0.39, 0.29) is 5.97 Å². The van der Waals surface area contributed by atoms with Gasteiger partial charge in [0.25, 0.3) is 8.32 Å². The largest absolute Gasteiger partial charge is 0.516 e. The molecule has 0 aromatic rings. The van der Waals surface area contributed by atoms with E-state index in [0.717, 1.165) is 43.8 Å². The summed E-state index contributed by atoms with van der Waals surface area (Å²) in [6, 6.07) is 3.14. The second-order valence-corrected chi connectivity index (χ2v) is 13.6. The van der Waals surface area contributed by atoms with Crippen LogP contribution in [0, 0.1) is 0 Å². The molecule has 0 fully saturated rings. The lowest BCUT2D eigenvalue weighted by molar-refractivity contribution is -0.160. The SMILES string of the molecule is C=C(C)C(=O)OC(CCC)C(=O)O[Si](CCCCCC)(CCCCCC)CCCCCC. The summed E-state index contributed by atoms with van der Waals surface area (Å²) in [5, 5.41) is 0. The summed E-state index contributed by atoms with van der Waals surface area (Å²) >= 11 is 0. The molecule has 32 heavy (non-hydrogen) atoms. The summed E-state index contributed by atoms with van der Waals surface area (Å²) in [5.74, 6) is -0.809. The van der Waals surface area contributed by atoms with Gasteiger partial charge in [-0.05, 0) is 31.5 Å². The molecule has 0 bridgehead atoms. The van der Waals surface area contributed by atoms with E-state index >= 15 is 0 Å². The first-order valence-electron chi connectivity index (χ1n) is 13.4. The summed E-state index contributed by atoms with van der Waals surface area (Å²) in [4.78, 5) is 25.4. The third kappa shape index (κ3) is 14.1. The van der Waals surface area contributed by atoms with Gasteiger partial charge >= 0.3 is 11.9 Å². The molecule has 0 aromatic heterocycles. The number of esters is 1. The molecule has 0 aromatic carbocycles. The molecule has 4 nitrogen and oxygen atoms in total. The molecule has 0 saturated carbocycles. The second-order valence-electron chi connectivity index (χ2n) is 9.50. The maximum absolute atomic E-state index is 13.3. The summed E-state index contributed by atoms with van der Waals surface area (Å²) in [6.45, 7) is 14.0. The Kier molecular flexibility index (Phi) is 18.7. The van der Waals surface area contributed by atoms with Gasteiger partial charge in [-0.2, -0.15) is 0 Å². The van der Waals surface area contributed by atoms with Gasteiger partial charge in [0.15, 0.2) is 6.10 Å². The molecule has 1 atom stereocenters. The maximum Gasteiger partial charge on any atom is 0.334 e. The van der Waals surface area contributed by atoms with Crippen LogP contribution in [0.25, 0.3) is 0 Å². The van der Waals surface area contributed by atoms with E-state index in [2.05, 4.69) is 27.4 Å². The van der Waals surface area contributed by atoms with Gasteiger partial charge in [0.2, 0.25) is 0 Å². The first-order chi connectivity index (χ1) is 15.4. The van der Waals surface area contributed by atoms with Gasteiger partial charge in [-0.25, -0.2) is 9.59 Å². The van der Waals surface area contributed by atoms with Gasteiger partial charge in [-0.1, -0.05) is 118 Å². The monoisotopic (exact) mass is 468 g/mol. The molecule has 0 aliphatic rings. The number of rotatable bonds is 21. The summed E-state index contributed by atoms with van der Waals surface area (Å²) in [7, 11) is -2.24. The van der Waals surface area contributed by atoms with E-state index in [1.165, 1.54) is 57.8 Å². The number of ether oxygens (including phenoxy) is 1. The Bertz CT molecular complexity index is 487. The van der Waals surface area contributed by atoms with Crippen LogP contribution in [0.1, 0.15) is 125 Å². The van der Waals surface area contributed by atoms with Crippen molar-refractivity contribution < 1.29 is 18.8 Å². The Morgan fingerprint density at radius 3 is 1.50 bits per heavy atom. The Morgan fingerprint density at radius 2 is 1.16 bits per heavy atom. The number of hydrogen-bond donors (Lipinski definition) is 0. The van der Waals surface area contributed by atoms with Crippen molar-refractivity contribution >= 4 is 20.3 Å². The lowest BCUT2D eigenvalue weighted by Crippen LogP contribution is -2.44.